The number of hydrogen-bond donors (Lipinski definition) is 2. The molecule has 5 aliphatic rings. The van der Waals surface area contributed by atoms with E-state index in [1.807, 2.05) is 19.9 Å². The molecule has 8 nitrogen and oxygen atoms in total. The monoisotopic (exact) mass is 707 g/mol. The highest BCUT2D eigenvalue weighted by atomic mass is 19.1. The molecule has 0 radical (unpaired) electrons. The zero-order valence-corrected chi connectivity index (χ0v) is 30.1. The van der Waals surface area contributed by atoms with Gasteiger partial charge in [0.25, 0.3) is 0 Å². The van der Waals surface area contributed by atoms with Gasteiger partial charge in [-0.05, 0) is 98.1 Å². The highest BCUT2D eigenvalue weighted by Gasteiger charge is 2.49. The Kier molecular flexibility index (Phi) is 8.33. The van der Waals surface area contributed by atoms with Gasteiger partial charge < -0.3 is 24.8 Å². The second-order valence-corrected chi connectivity index (χ2v) is 16.5. The van der Waals surface area contributed by atoms with Crippen LogP contribution >= 0.6 is 0 Å². The van der Waals surface area contributed by atoms with Crippen molar-refractivity contribution >= 4 is 27.5 Å². The molecule has 1 spiro atoms. The van der Waals surface area contributed by atoms with E-state index in [4.69, 9.17) is 25.9 Å². The molecule has 4 aliphatic heterocycles. The first kappa shape index (κ1) is 33.8. The van der Waals surface area contributed by atoms with Crippen LogP contribution in [0.15, 0.2) is 30.3 Å². The number of nitrogens with one attached hydrogen (secondary N) is 1. The van der Waals surface area contributed by atoms with Crippen LogP contribution in [-0.4, -0.2) is 83.6 Å². The van der Waals surface area contributed by atoms with Crippen molar-refractivity contribution < 1.29 is 23.4 Å². The van der Waals surface area contributed by atoms with Crippen LogP contribution in [0.25, 0.3) is 32.8 Å². The number of aromatic hydroxyl groups is 1. The molecular weight excluding hydrogens is 660 g/mol. The number of rotatable bonds is 8. The number of terminal acetylenes is 1. The number of halogens is 2. The first-order valence-corrected chi connectivity index (χ1v) is 19.1. The summed E-state index contributed by atoms with van der Waals surface area (Å²) in [5, 5.41) is 16.1. The average molecular weight is 708 g/mol. The summed E-state index contributed by atoms with van der Waals surface area (Å²) >= 11 is 0. The van der Waals surface area contributed by atoms with Gasteiger partial charge in [0.1, 0.15) is 22.9 Å². The highest BCUT2D eigenvalue weighted by molar-refractivity contribution is 6.05. The highest BCUT2D eigenvalue weighted by Crippen LogP contribution is 2.49. The van der Waals surface area contributed by atoms with E-state index in [2.05, 4.69) is 21.0 Å². The van der Waals surface area contributed by atoms with Crippen LogP contribution in [0.1, 0.15) is 82.3 Å². The van der Waals surface area contributed by atoms with E-state index in [9.17, 15) is 5.11 Å². The average Bonchev–Trinajstić information content (AvgIpc) is 3.68. The van der Waals surface area contributed by atoms with E-state index < -0.39 is 11.6 Å². The quantitative estimate of drug-likeness (QED) is 0.185. The zero-order valence-electron chi connectivity index (χ0n) is 30.1. The molecule has 272 valence electrons. The van der Waals surface area contributed by atoms with Crippen LogP contribution < -0.4 is 15.0 Å². The molecule has 1 aromatic heterocycles. The smallest absolute Gasteiger partial charge is 0.319 e. The Morgan fingerprint density at radius 1 is 1.08 bits per heavy atom. The lowest BCUT2D eigenvalue weighted by atomic mass is 9.86. The number of likely N-dealkylation sites (tertiary alicyclic amines) is 1. The van der Waals surface area contributed by atoms with E-state index in [1.54, 1.807) is 6.07 Å². The van der Waals surface area contributed by atoms with E-state index in [0.717, 1.165) is 84.3 Å². The number of aromatic nitrogens is 2. The Bertz CT molecular complexity index is 2090. The SMILES string of the molecule is C#Cc1c(F)ccc2cc(O)cc(-c3c(C(C)C)cc4c(N5CC6CCC(C5)N6)nc(OCC5(CN6CCC7(CCCCO7)C6)CC5)nc4c3F)c12. The fourth-order valence-electron chi connectivity index (χ4n) is 9.49. The molecule has 52 heavy (non-hydrogen) atoms. The minimum atomic E-state index is -0.577. The first-order valence-electron chi connectivity index (χ1n) is 19.1. The number of benzene rings is 3. The maximum Gasteiger partial charge on any atom is 0.319 e. The predicted octanol–water partition coefficient (Wildman–Crippen LogP) is 7.28. The standard InChI is InChI=1S/C42H47F2N5O3/c1-4-30-34(43)10-7-26-17-29(50)18-32(35(26)30)36-31(25(2)3)19-33-38(37(36)44)46-40(47-39(33)49-20-27-8-9-28(21-49)45-27)51-24-41(12-13-41)22-48-15-14-42(23-48)11-5-6-16-52-42/h1,7,10,17-19,25,27-28,45,50H,5-6,8-9,11-16,20-24H2,2-3H3. The maximum absolute atomic E-state index is 17.6. The molecule has 4 aromatic rings. The predicted molar refractivity (Wildman–Crippen MR) is 199 cm³/mol. The molecule has 2 N–H and O–H groups in total. The van der Waals surface area contributed by atoms with Gasteiger partial charge in [-0.15, -0.1) is 6.42 Å². The Hall–Kier alpha value is -4.04. The van der Waals surface area contributed by atoms with Gasteiger partial charge in [-0.1, -0.05) is 25.8 Å². The number of ether oxygens (including phenoxy) is 2. The number of phenolic OH excluding ortho intramolecular Hbond substituents is 1. The van der Waals surface area contributed by atoms with E-state index in [1.165, 1.54) is 24.6 Å². The fraction of sp³-hybridized carbons (Fsp3) is 0.524. The number of anilines is 1. The number of hydrogen-bond acceptors (Lipinski definition) is 8. The minimum Gasteiger partial charge on any atom is -0.508 e. The van der Waals surface area contributed by atoms with Crippen LogP contribution in [0.3, 0.4) is 0 Å². The second kappa shape index (κ2) is 12.8. The van der Waals surface area contributed by atoms with Gasteiger partial charge in [-0.25, -0.2) is 8.78 Å². The van der Waals surface area contributed by atoms with Gasteiger partial charge in [0, 0.05) is 73.2 Å². The third-order valence-corrected chi connectivity index (χ3v) is 12.4. The van der Waals surface area contributed by atoms with Gasteiger partial charge in [0.15, 0.2) is 5.82 Å². The van der Waals surface area contributed by atoms with Crippen molar-refractivity contribution in [1.82, 2.24) is 20.2 Å². The first-order chi connectivity index (χ1) is 25.1. The molecule has 3 unspecified atom stereocenters. The van der Waals surface area contributed by atoms with Crippen molar-refractivity contribution in [2.45, 2.75) is 88.8 Å². The van der Waals surface area contributed by atoms with Gasteiger partial charge in [0.05, 0.1) is 17.8 Å². The second-order valence-electron chi connectivity index (χ2n) is 16.5. The van der Waals surface area contributed by atoms with Crippen LogP contribution in [0.5, 0.6) is 11.8 Å². The molecule has 3 atom stereocenters. The van der Waals surface area contributed by atoms with Crippen molar-refractivity contribution in [2.75, 3.05) is 50.8 Å². The van der Waals surface area contributed by atoms with Crippen molar-refractivity contribution in [2.24, 2.45) is 5.41 Å². The largest absolute Gasteiger partial charge is 0.508 e. The normalized spacial score (nSPS) is 25.4. The summed E-state index contributed by atoms with van der Waals surface area (Å²) in [4.78, 5) is 14.6. The number of phenols is 1. The number of nitrogens with zero attached hydrogens (tertiary/aromatic N) is 4. The summed E-state index contributed by atoms with van der Waals surface area (Å²) in [6.45, 7) is 9.77. The Morgan fingerprint density at radius 3 is 2.60 bits per heavy atom. The van der Waals surface area contributed by atoms with Gasteiger partial charge >= 0.3 is 6.01 Å². The van der Waals surface area contributed by atoms with Crippen LogP contribution in [0.4, 0.5) is 14.6 Å². The van der Waals surface area contributed by atoms with Gasteiger partial charge in [0.2, 0.25) is 0 Å². The summed E-state index contributed by atoms with van der Waals surface area (Å²) in [6, 6.07) is 8.65. The van der Waals surface area contributed by atoms with Gasteiger partial charge in [-0.2, -0.15) is 9.97 Å². The van der Waals surface area contributed by atoms with E-state index in [-0.39, 0.29) is 45.3 Å². The molecule has 4 saturated heterocycles. The maximum atomic E-state index is 17.6. The van der Waals surface area contributed by atoms with E-state index in [0.29, 0.717) is 51.8 Å². The summed E-state index contributed by atoms with van der Waals surface area (Å²) < 4.78 is 45.5. The fourth-order valence-corrected chi connectivity index (χ4v) is 9.49. The molecule has 9 rings (SSSR count). The summed E-state index contributed by atoms with van der Waals surface area (Å²) in [6.07, 6.45) is 14.7. The molecule has 2 bridgehead atoms. The molecule has 10 heteroatoms. The third kappa shape index (κ3) is 5.95. The zero-order chi connectivity index (χ0) is 35.8. The van der Waals surface area contributed by atoms with Crippen molar-refractivity contribution in [1.29, 1.82) is 0 Å². The van der Waals surface area contributed by atoms with Crippen LogP contribution in [-0.2, 0) is 4.74 Å². The summed E-state index contributed by atoms with van der Waals surface area (Å²) in [5.41, 5.74) is 1.45. The third-order valence-electron chi connectivity index (χ3n) is 12.4. The topological polar surface area (TPSA) is 83.0 Å². The molecule has 5 heterocycles. The molecule has 1 aliphatic carbocycles. The van der Waals surface area contributed by atoms with Crippen LogP contribution in [0, 0.1) is 29.4 Å². The van der Waals surface area contributed by atoms with Crippen molar-refractivity contribution in [3.05, 3.63) is 53.1 Å². The molecular formula is C42H47F2N5O3. The molecule has 5 fully saturated rings. The van der Waals surface area contributed by atoms with Crippen LogP contribution in [0.2, 0.25) is 0 Å². The Labute approximate surface area is 303 Å². The van der Waals surface area contributed by atoms with Crippen molar-refractivity contribution in [3.63, 3.8) is 0 Å². The lowest BCUT2D eigenvalue weighted by Gasteiger charge is -2.34. The number of piperazine rings is 1. The lowest BCUT2D eigenvalue weighted by molar-refractivity contribution is -0.0704. The number of fused-ring (bicyclic) bond motifs is 4. The minimum absolute atomic E-state index is 0.00591. The van der Waals surface area contributed by atoms with Crippen molar-refractivity contribution in [3.8, 4) is 35.2 Å². The lowest BCUT2D eigenvalue weighted by Crippen LogP contribution is -2.51. The molecule has 0 amide bonds. The Morgan fingerprint density at radius 2 is 1.88 bits per heavy atom. The Balaban J connectivity index is 1.13. The van der Waals surface area contributed by atoms with E-state index >= 15 is 8.78 Å². The van der Waals surface area contributed by atoms with Gasteiger partial charge in [-0.3, -0.25) is 4.90 Å². The molecule has 1 saturated carbocycles. The summed E-state index contributed by atoms with van der Waals surface area (Å²) in [7, 11) is 0. The summed E-state index contributed by atoms with van der Waals surface area (Å²) in [5.74, 6) is 1.81. The molecule has 3 aromatic carbocycles.